The summed E-state index contributed by atoms with van der Waals surface area (Å²) in [7, 11) is 1.77. The van der Waals surface area contributed by atoms with Gasteiger partial charge in [-0.15, -0.1) is 5.10 Å². The zero-order valence-electron chi connectivity index (χ0n) is 11.1. The summed E-state index contributed by atoms with van der Waals surface area (Å²) in [6.07, 6.45) is 7.80. The maximum absolute atomic E-state index is 5.83. The molecule has 18 heavy (non-hydrogen) atoms. The molecule has 1 aromatic heterocycles. The maximum Gasteiger partial charge on any atom is 0.183 e. The molecule has 1 heterocycles. The van der Waals surface area contributed by atoms with Gasteiger partial charge in [0.25, 0.3) is 0 Å². The highest BCUT2D eigenvalue weighted by Gasteiger charge is 2.37. The minimum atomic E-state index is -0.297. The van der Waals surface area contributed by atoms with Gasteiger partial charge in [0, 0.05) is 13.7 Å². The van der Waals surface area contributed by atoms with Crippen LogP contribution in [0.1, 0.15) is 50.8 Å². The van der Waals surface area contributed by atoms with Gasteiger partial charge >= 0.3 is 0 Å². The molecule has 6 heteroatoms. The lowest BCUT2D eigenvalue weighted by atomic mass is 9.93. The Kier molecular flexibility index (Phi) is 4.66. The van der Waals surface area contributed by atoms with Crippen LogP contribution in [0.2, 0.25) is 0 Å². The van der Waals surface area contributed by atoms with Crippen molar-refractivity contribution in [3.63, 3.8) is 0 Å². The third-order valence-electron chi connectivity index (χ3n) is 3.82. The fourth-order valence-corrected chi connectivity index (χ4v) is 2.74. The van der Waals surface area contributed by atoms with E-state index >= 15 is 0 Å². The van der Waals surface area contributed by atoms with Crippen molar-refractivity contribution >= 4 is 0 Å². The normalized spacial score (nSPS) is 19.7. The van der Waals surface area contributed by atoms with E-state index in [4.69, 9.17) is 10.5 Å². The van der Waals surface area contributed by atoms with E-state index in [0.29, 0.717) is 6.54 Å². The molecule has 2 N–H and O–H groups in total. The van der Waals surface area contributed by atoms with Crippen LogP contribution in [0.3, 0.4) is 0 Å². The largest absolute Gasteiger partial charge is 0.370 e. The summed E-state index contributed by atoms with van der Waals surface area (Å²) < 4.78 is 7.69. The summed E-state index contributed by atoms with van der Waals surface area (Å²) >= 11 is 0. The van der Waals surface area contributed by atoms with E-state index in [1.165, 1.54) is 25.7 Å². The highest BCUT2D eigenvalue weighted by atomic mass is 16.5. The number of methoxy groups -OCH3 is 1. The lowest BCUT2D eigenvalue weighted by molar-refractivity contribution is -0.0387. The first kappa shape index (κ1) is 13.4. The molecule has 1 saturated carbocycles. The molecule has 1 fully saturated rings. The SMILES string of the molecule is COC1(c2nnnn2CCCN)CCCCCC1. The monoisotopic (exact) mass is 253 g/mol. The standard InChI is InChI=1S/C12H23N5O/c1-18-12(7-4-2-3-5-8-12)11-14-15-16-17(11)10-6-9-13/h2-10,13H2,1H3. The van der Waals surface area contributed by atoms with Crippen molar-refractivity contribution in [2.75, 3.05) is 13.7 Å². The summed E-state index contributed by atoms with van der Waals surface area (Å²) in [5, 5.41) is 12.1. The number of aromatic nitrogens is 4. The second-order valence-electron chi connectivity index (χ2n) is 4.98. The Morgan fingerprint density at radius 2 is 2.00 bits per heavy atom. The molecule has 2 rings (SSSR count). The van der Waals surface area contributed by atoms with Crippen LogP contribution in [0, 0.1) is 0 Å². The van der Waals surface area contributed by atoms with Gasteiger partial charge < -0.3 is 10.5 Å². The van der Waals surface area contributed by atoms with Crippen molar-refractivity contribution in [2.24, 2.45) is 5.73 Å². The summed E-state index contributed by atoms with van der Waals surface area (Å²) in [6.45, 7) is 1.42. The molecule has 0 aromatic carbocycles. The lowest BCUT2D eigenvalue weighted by Crippen LogP contribution is -2.32. The van der Waals surface area contributed by atoms with Gasteiger partial charge in [-0.05, 0) is 36.2 Å². The Morgan fingerprint density at radius 1 is 1.28 bits per heavy atom. The van der Waals surface area contributed by atoms with Gasteiger partial charge in [-0.2, -0.15) is 0 Å². The van der Waals surface area contributed by atoms with Crippen LogP contribution in [0.5, 0.6) is 0 Å². The Balaban J connectivity index is 2.22. The van der Waals surface area contributed by atoms with Crippen molar-refractivity contribution < 1.29 is 4.74 Å². The molecule has 1 aliphatic rings. The third-order valence-corrected chi connectivity index (χ3v) is 3.82. The number of aryl methyl sites for hydroxylation is 1. The smallest absolute Gasteiger partial charge is 0.183 e. The van der Waals surface area contributed by atoms with Gasteiger partial charge in [-0.25, -0.2) is 4.68 Å². The number of nitrogens with zero attached hydrogens (tertiary/aromatic N) is 4. The van der Waals surface area contributed by atoms with Crippen LogP contribution in [0.15, 0.2) is 0 Å². The summed E-state index contributed by atoms with van der Waals surface area (Å²) in [5.74, 6) is 0.875. The predicted molar refractivity (Wildman–Crippen MR) is 67.9 cm³/mol. The average Bonchev–Trinajstić information content (AvgIpc) is 2.74. The number of rotatable bonds is 5. The molecule has 1 aromatic rings. The predicted octanol–water partition coefficient (Wildman–Crippen LogP) is 1.22. The second-order valence-corrected chi connectivity index (χ2v) is 4.98. The van der Waals surface area contributed by atoms with E-state index in [2.05, 4.69) is 15.5 Å². The van der Waals surface area contributed by atoms with Crippen molar-refractivity contribution in [3.05, 3.63) is 5.82 Å². The van der Waals surface area contributed by atoms with E-state index in [1.54, 1.807) is 7.11 Å². The summed E-state index contributed by atoms with van der Waals surface area (Å²) in [4.78, 5) is 0. The highest BCUT2D eigenvalue weighted by molar-refractivity contribution is 5.01. The van der Waals surface area contributed by atoms with Gasteiger partial charge in [0.05, 0.1) is 0 Å². The zero-order chi connectivity index (χ0) is 12.8. The van der Waals surface area contributed by atoms with Crippen LogP contribution in [-0.2, 0) is 16.9 Å². The molecular formula is C12H23N5O. The molecule has 0 amide bonds. The molecule has 0 aliphatic heterocycles. The molecule has 0 spiro atoms. The number of nitrogens with two attached hydrogens (primary N) is 1. The topological polar surface area (TPSA) is 78.9 Å². The minimum Gasteiger partial charge on any atom is -0.370 e. The van der Waals surface area contributed by atoms with Crippen molar-refractivity contribution in [2.45, 2.75) is 57.1 Å². The van der Waals surface area contributed by atoms with E-state index < -0.39 is 0 Å². The molecular weight excluding hydrogens is 230 g/mol. The van der Waals surface area contributed by atoms with Crippen molar-refractivity contribution in [3.8, 4) is 0 Å². The number of hydrogen-bond donors (Lipinski definition) is 1. The maximum atomic E-state index is 5.83. The van der Waals surface area contributed by atoms with E-state index in [9.17, 15) is 0 Å². The fraction of sp³-hybridized carbons (Fsp3) is 0.917. The lowest BCUT2D eigenvalue weighted by Gasteiger charge is -2.29. The number of ether oxygens (including phenoxy) is 1. The molecule has 102 valence electrons. The number of hydrogen-bond acceptors (Lipinski definition) is 5. The Morgan fingerprint density at radius 3 is 2.61 bits per heavy atom. The van der Waals surface area contributed by atoms with Crippen LogP contribution < -0.4 is 5.73 Å². The zero-order valence-corrected chi connectivity index (χ0v) is 11.1. The summed E-state index contributed by atoms with van der Waals surface area (Å²) in [6, 6.07) is 0. The van der Waals surface area contributed by atoms with Gasteiger partial charge in [-0.3, -0.25) is 0 Å². The van der Waals surface area contributed by atoms with E-state index in [0.717, 1.165) is 31.6 Å². The highest BCUT2D eigenvalue weighted by Crippen LogP contribution is 2.37. The molecule has 0 bridgehead atoms. The molecule has 1 aliphatic carbocycles. The van der Waals surface area contributed by atoms with Crippen LogP contribution >= 0.6 is 0 Å². The number of tetrazole rings is 1. The molecule has 0 saturated heterocycles. The second kappa shape index (κ2) is 6.24. The first-order valence-electron chi connectivity index (χ1n) is 6.84. The first-order chi connectivity index (χ1) is 8.82. The van der Waals surface area contributed by atoms with Gasteiger partial charge in [0.15, 0.2) is 5.82 Å². The molecule has 0 atom stereocenters. The molecule has 0 unspecified atom stereocenters. The van der Waals surface area contributed by atoms with Crippen molar-refractivity contribution in [1.29, 1.82) is 0 Å². The Bertz CT molecular complexity index is 357. The van der Waals surface area contributed by atoms with Crippen LogP contribution in [-0.4, -0.2) is 33.9 Å². The van der Waals surface area contributed by atoms with Crippen LogP contribution in [0.4, 0.5) is 0 Å². The third kappa shape index (κ3) is 2.70. The molecule has 0 radical (unpaired) electrons. The van der Waals surface area contributed by atoms with E-state index in [-0.39, 0.29) is 5.60 Å². The average molecular weight is 253 g/mol. The Labute approximate surface area is 108 Å². The fourth-order valence-electron chi connectivity index (χ4n) is 2.74. The summed E-state index contributed by atoms with van der Waals surface area (Å²) in [5.41, 5.74) is 5.25. The van der Waals surface area contributed by atoms with Crippen LogP contribution in [0.25, 0.3) is 0 Å². The van der Waals surface area contributed by atoms with Gasteiger partial charge in [-0.1, -0.05) is 25.7 Å². The van der Waals surface area contributed by atoms with Crippen molar-refractivity contribution in [1.82, 2.24) is 20.2 Å². The first-order valence-corrected chi connectivity index (χ1v) is 6.84. The Hall–Kier alpha value is -1.01. The molecule has 6 nitrogen and oxygen atoms in total. The van der Waals surface area contributed by atoms with Gasteiger partial charge in [0.1, 0.15) is 5.60 Å². The minimum absolute atomic E-state index is 0.297. The quantitative estimate of drug-likeness (QED) is 0.798. The van der Waals surface area contributed by atoms with E-state index in [1.807, 2.05) is 4.68 Å². The van der Waals surface area contributed by atoms with Gasteiger partial charge in [0.2, 0.25) is 0 Å².